The molecule has 0 spiro atoms. The minimum absolute atomic E-state index is 0. The number of sulfonamides is 1. The molecular weight excluding hydrogens is 434 g/mol. The van der Waals surface area contributed by atoms with Gasteiger partial charge in [-0.2, -0.15) is 0 Å². The summed E-state index contributed by atoms with van der Waals surface area (Å²) in [4.78, 5) is 4.06. The molecule has 9 heteroatoms. The minimum atomic E-state index is -3.06. The lowest BCUT2D eigenvalue weighted by Crippen LogP contribution is -2.41. The van der Waals surface area contributed by atoms with E-state index in [1.807, 2.05) is 6.07 Å². The predicted molar refractivity (Wildman–Crippen MR) is 100.0 cm³/mol. The Morgan fingerprint density at radius 1 is 1.39 bits per heavy atom. The lowest BCUT2D eigenvalue weighted by atomic mass is 10.2. The summed E-state index contributed by atoms with van der Waals surface area (Å²) < 4.78 is 37.9. The van der Waals surface area contributed by atoms with E-state index in [-0.39, 0.29) is 35.5 Å². The molecule has 0 saturated carbocycles. The molecule has 0 aliphatic carbocycles. The van der Waals surface area contributed by atoms with E-state index in [0.29, 0.717) is 38.6 Å². The topological polar surface area (TPSA) is 73.8 Å². The Hall–Kier alpha value is -0.940. The van der Waals surface area contributed by atoms with E-state index in [2.05, 4.69) is 15.6 Å². The van der Waals surface area contributed by atoms with Crippen LogP contribution < -0.4 is 10.6 Å². The minimum Gasteiger partial charge on any atom is -0.355 e. The quantitative estimate of drug-likeness (QED) is 0.396. The van der Waals surface area contributed by atoms with Crippen molar-refractivity contribution in [1.82, 2.24) is 14.9 Å². The number of guanidine groups is 1. The molecule has 0 amide bonds. The van der Waals surface area contributed by atoms with Crippen molar-refractivity contribution in [3.8, 4) is 0 Å². The van der Waals surface area contributed by atoms with Crippen LogP contribution in [0, 0.1) is 5.82 Å². The van der Waals surface area contributed by atoms with Gasteiger partial charge in [0.2, 0.25) is 10.0 Å². The molecule has 23 heavy (non-hydrogen) atoms. The molecule has 0 bridgehead atoms. The molecule has 1 aromatic rings. The molecule has 1 saturated heterocycles. The number of benzene rings is 1. The summed E-state index contributed by atoms with van der Waals surface area (Å²) in [5, 5.41) is 6.12. The van der Waals surface area contributed by atoms with Crippen LogP contribution in [0.5, 0.6) is 0 Å². The average molecular weight is 456 g/mol. The molecule has 130 valence electrons. The van der Waals surface area contributed by atoms with Gasteiger partial charge in [0.15, 0.2) is 5.96 Å². The van der Waals surface area contributed by atoms with Crippen LogP contribution in [0.3, 0.4) is 0 Å². The zero-order valence-corrected chi connectivity index (χ0v) is 16.1. The van der Waals surface area contributed by atoms with Crippen molar-refractivity contribution in [3.05, 3.63) is 35.6 Å². The fraction of sp³-hybridized carbons (Fsp3) is 0.500. The van der Waals surface area contributed by atoms with Gasteiger partial charge in [0.1, 0.15) is 5.82 Å². The van der Waals surface area contributed by atoms with Gasteiger partial charge in [-0.1, -0.05) is 12.1 Å². The Labute approximate surface area is 153 Å². The van der Waals surface area contributed by atoms with E-state index in [1.54, 1.807) is 13.1 Å². The first-order chi connectivity index (χ1) is 10.5. The third kappa shape index (κ3) is 6.22. The smallest absolute Gasteiger partial charge is 0.214 e. The van der Waals surface area contributed by atoms with E-state index >= 15 is 0 Å². The van der Waals surface area contributed by atoms with Crippen LogP contribution in [0.2, 0.25) is 0 Å². The first-order valence-corrected chi connectivity index (χ1v) is 8.79. The van der Waals surface area contributed by atoms with Crippen LogP contribution in [0.25, 0.3) is 0 Å². The van der Waals surface area contributed by atoms with Gasteiger partial charge in [0.25, 0.3) is 0 Å². The monoisotopic (exact) mass is 456 g/mol. The molecule has 1 heterocycles. The normalized spacial score (nSPS) is 17.6. The Balaban J connectivity index is 0.00000264. The first kappa shape index (κ1) is 20.1. The number of aliphatic imine (C=N–C) groups is 1. The zero-order chi connectivity index (χ0) is 16.0. The van der Waals surface area contributed by atoms with Crippen molar-refractivity contribution in [2.24, 2.45) is 4.99 Å². The summed E-state index contributed by atoms with van der Waals surface area (Å²) in [7, 11) is -1.43. The summed E-state index contributed by atoms with van der Waals surface area (Å²) in [6.45, 7) is 1.92. The second-order valence-electron chi connectivity index (χ2n) is 5.05. The summed E-state index contributed by atoms with van der Waals surface area (Å²) in [5.74, 6) is 0.516. The highest BCUT2D eigenvalue weighted by atomic mass is 127. The second-order valence-corrected chi connectivity index (χ2v) is 7.14. The molecule has 0 radical (unpaired) electrons. The zero-order valence-electron chi connectivity index (χ0n) is 13.0. The number of halogens is 2. The van der Waals surface area contributed by atoms with Crippen LogP contribution in [0.15, 0.2) is 29.3 Å². The molecular formula is C14H22FIN4O2S. The van der Waals surface area contributed by atoms with Crippen LogP contribution in [0.4, 0.5) is 4.39 Å². The third-order valence-corrected chi connectivity index (χ3v) is 5.39. The maximum absolute atomic E-state index is 13.1. The summed E-state index contributed by atoms with van der Waals surface area (Å²) in [5.41, 5.74) is 0.810. The Morgan fingerprint density at radius 2 is 2.17 bits per heavy atom. The Bertz CT molecular complexity index is 639. The molecule has 0 unspecified atom stereocenters. The van der Waals surface area contributed by atoms with E-state index in [9.17, 15) is 12.8 Å². The number of nitrogens with one attached hydrogen (secondary N) is 2. The third-order valence-electron chi connectivity index (χ3n) is 3.43. The maximum atomic E-state index is 13.1. The number of nitrogens with zero attached hydrogens (tertiary/aromatic N) is 2. The van der Waals surface area contributed by atoms with Crippen LogP contribution in [-0.4, -0.2) is 51.1 Å². The van der Waals surface area contributed by atoms with Gasteiger partial charge in [-0.3, -0.25) is 4.99 Å². The number of hydrogen-bond donors (Lipinski definition) is 2. The van der Waals surface area contributed by atoms with E-state index in [1.165, 1.54) is 16.4 Å². The predicted octanol–water partition coefficient (Wildman–Crippen LogP) is 1.14. The molecule has 6 nitrogen and oxygen atoms in total. The van der Waals surface area contributed by atoms with E-state index in [4.69, 9.17) is 0 Å². The molecule has 1 aromatic carbocycles. The van der Waals surface area contributed by atoms with Crippen LogP contribution >= 0.6 is 24.0 Å². The second kappa shape index (κ2) is 9.38. The van der Waals surface area contributed by atoms with Crippen LogP contribution in [-0.2, 0) is 16.6 Å². The van der Waals surface area contributed by atoms with E-state index < -0.39 is 10.0 Å². The maximum Gasteiger partial charge on any atom is 0.214 e. The van der Waals surface area contributed by atoms with Gasteiger partial charge in [0.05, 0.1) is 5.75 Å². The molecule has 2 N–H and O–H groups in total. The highest BCUT2D eigenvalue weighted by Crippen LogP contribution is 2.11. The summed E-state index contributed by atoms with van der Waals surface area (Å²) in [6.07, 6.45) is 0.689. The fourth-order valence-corrected chi connectivity index (χ4v) is 3.82. The Kier molecular flexibility index (Phi) is 8.20. The molecule has 0 atom stereocenters. The van der Waals surface area contributed by atoms with Crippen molar-refractivity contribution in [2.45, 2.75) is 13.0 Å². The molecule has 2 rings (SSSR count). The van der Waals surface area contributed by atoms with Crippen molar-refractivity contribution in [2.75, 3.05) is 32.4 Å². The van der Waals surface area contributed by atoms with Gasteiger partial charge in [0, 0.05) is 33.2 Å². The average Bonchev–Trinajstić information content (AvgIpc) is 2.81. The summed E-state index contributed by atoms with van der Waals surface area (Å²) >= 11 is 0. The Morgan fingerprint density at radius 3 is 2.78 bits per heavy atom. The molecule has 0 aromatic heterocycles. The standard InChI is InChI=1S/C14H21FN4O2S.HI/c1-16-14(18-11-12-4-2-5-13(15)10-12)17-6-8-19-7-3-9-22(19,20)21;/h2,4-5,10H,3,6-9,11H2,1H3,(H2,16,17,18);1H. The molecule has 1 fully saturated rings. The van der Waals surface area contributed by atoms with Gasteiger partial charge < -0.3 is 10.6 Å². The van der Waals surface area contributed by atoms with Crippen molar-refractivity contribution >= 4 is 40.0 Å². The van der Waals surface area contributed by atoms with Crippen molar-refractivity contribution < 1.29 is 12.8 Å². The van der Waals surface area contributed by atoms with Crippen molar-refractivity contribution in [3.63, 3.8) is 0 Å². The molecule has 1 aliphatic rings. The number of rotatable bonds is 5. The highest BCUT2D eigenvalue weighted by Gasteiger charge is 2.27. The highest BCUT2D eigenvalue weighted by molar-refractivity contribution is 14.0. The lowest BCUT2D eigenvalue weighted by Gasteiger charge is -2.16. The van der Waals surface area contributed by atoms with Gasteiger partial charge >= 0.3 is 0 Å². The van der Waals surface area contributed by atoms with Gasteiger partial charge in [-0.05, 0) is 24.1 Å². The SMILES string of the molecule is CN=C(NCCN1CCCS1(=O)=O)NCc1cccc(F)c1.I. The molecule has 1 aliphatic heterocycles. The summed E-state index contributed by atoms with van der Waals surface area (Å²) in [6, 6.07) is 6.32. The van der Waals surface area contributed by atoms with Gasteiger partial charge in [-0.15, -0.1) is 24.0 Å². The first-order valence-electron chi connectivity index (χ1n) is 7.18. The van der Waals surface area contributed by atoms with Gasteiger partial charge in [-0.25, -0.2) is 17.1 Å². The van der Waals surface area contributed by atoms with Crippen LogP contribution in [0.1, 0.15) is 12.0 Å². The fourth-order valence-electron chi connectivity index (χ4n) is 2.29. The number of hydrogen-bond acceptors (Lipinski definition) is 3. The lowest BCUT2D eigenvalue weighted by molar-refractivity contribution is 0.445. The largest absolute Gasteiger partial charge is 0.355 e. The van der Waals surface area contributed by atoms with Crippen molar-refractivity contribution in [1.29, 1.82) is 0 Å². The van der Waals surface area contributed by atoms with E-state index in [0.717, 1.165) is 5.56 Å².